The third-order valence-electron chi connectivity index (χ3n) is 4.38. The van der Waals surface area contributed by atoms with Gasteiger partial charge in [0.25, 0.3) is 5.56 Å². The van der Waals surface area contributed by atoms with Gasteiger partial charge in [-0.25, -0.2) is 4.68 Å². The predicted molar refractivity (Wildman–Crippen MR) is 94.5 cm³/mol. The second-order valence-corrected chi connectivity index (χ2v) is 6.29. The van der Waals surface area contributed by atoms with E-state index in [1.165, 1.54) is 4.68 Å². The van der Waals surface area contributed by atoms with Crippen LogP contribution in [-0.4, -0.2) is 28.2 Å². The van der Waals surface area contributed by atoms with E-state index in [0.717, 1.165) is 36.1 Å². The van der Waals surface area contributed by atoms with Crippen LogP contribution in [0.5, 0.6) is 0 Å². The molecule has 0 unspecified atom stereocenters. The number of carbonyl (C=O) groups excluding carboxylic acids is 2. The number of nitrogens with one attached hydrogen (secondary N) is 1. The zero-order valence-corrected chi connectivity index (χ0v) is 14.6. The molecule has 1 aliphatic rings. The van der Waals surface area contributed by atoms with Crippen LogP contribution in [0, 0.1) is 0 Å². The van der Waals surface area contributed by atoms with Crippen molar-refractivity contribution in [3.63, 3.8) is 0 Å². The van der Waals surface area contributed by atoms with Gasteiger partial charge in [0.2, 0.25) is 5.91 Å². The summed E-state index contributed by atoms with van der Waals surface area (Å²) >= 11 is 0. The Kier molecular flexibility index (Phi) is 5.46. The Morgan fingerprint density at radius 1 is 1.27 bits per heavy atom. The SMILES string of the molecule is C[C@H](C(=O)NCC(=O)OCc1ccccc1)n1nc2c(cc1=O)CCC2. The average Bonchev–Trinajstić information content (AvgIpc) is 3.11. The van der Waals surface area contributed by atoms with Crippen molar-refractivity contribution in [2.45, 2.75) is 38.8 Å². The second kappa shape index (κ2) is 7.95. The Balaban J connectivity index is 1.53. The maximum Gasteiger partial charge on any atom is 0.325 e. The molecule has 1 amide bonds. The molecule has 1 aromatic carbocycles. The summed E-state index contributed by atoms with van der Waals surface area (Å²) < 4.78 is 6.29. The average molecular weight is 355 g/mol. The summed E-state index contributed by atoms with van der Waals surface area (Å²) in [5.74, 6) is -0.988. The van der Waals surface area contributed by atoms with Crippen LogP contribution in [-0.2, 0) is 33.8 Å². The fourth-order valence-corrected chi connectivity index (χ4v) is 2.90. The molecule has 26 heavy (non-hydrogen) atoms. The molecule has 0 radical (unpaired) electrons. The highest BCUT2D eigenvalue weighted by Gasteiger charge is 2.21. The highest BCUT2D eigenvalue weighted by molar-refractivity contribution is 5.84. The quantitative estimate of drug-likeness (QED) is 0.785. The Bertz CT molecular complexity index is 861. The molecule has 3 rings (SSSR count). The van der Waals surface area contributed by atoms with Gasteiger partial charge in [0.05, 0.1) is 5.69 Å². The van der Waals surface area contributed by atoms with Gasteiger partial charge in [-0.15, -0.1) is 0 Å². The molecule has 0 saturated heterocycles. The first-order chi connectivity index (χ1) is 12.5. The molecule has 136 valence electrons. The van der Waals surface area contributed by atoms with E-state index in [2.05, 4.69) is 10.4 Å². The summed E-state index contributed by atoms with van der Waals surface area (Å²) in [6, 6.07) is 10.0. The number of esters is 1. The number of benzene rings is 1. The van der Waals surface area contributed by atoms with E-state index in [1.54, 1.807) is 13.0 Å². The number of aromatic nitrogens is 2. The minimum absolute atomic E-state index is 0.150. The number of hydrogen-bond acceptors (Lipinski definition) is 5. The summed E-state index contributed by atoms with van der Waals surface area (Å²) in [6.45, 7) is 1.48. The van der Waals surface area contributed by atoms with E-state index in [0.29, 0.717) is 0 Å². The molecule has 0 bridgehead atoms. The zero-order chi connectivity index (χ0) is 18.5. The van der Waals surface area contributed by atoms with E-state index >= 15 is 0 Å². The second-order valence-electron chi connectivity index (χ2n) is 6.29. The van der Waals surface area contributed by atoms with Crippen LogP contribution in [0.15, 0.2) is 41.2 Å². The van der Waals surface area contributed by atoms with Gasteiger partial charge >= 0.3 is 5.97 Å². The molecule has 0 spiro atoms. The maximum atomic E-state index is 12.3. The van der Waals surface area contributed by atoms with Gasteiger partial charge in [-0.05, 0) is 37.3 Å². The van der Waals surface area contributed by atoms with Crippen LogP contribution >= 0.6 is 0 Å². The predicted octanol–water partition coefficient (Wildman–Crippen LogP) is 1.15. The molecule has 1 aliphatic carbocycles. The lowest BCUT2D eigenvalue weighted by atomic mass is 10.2. The van der Waals surface area contributed by atoms with Crippen LogP contribution in [0.25, 0.3) is 0 Å². The van der Waals surface area contributed by atoms with Gasteiger partial charge < -0.3 is 10.1 Å². The van der Waals surface area contributed by atoms with Crippen molar-refractivity contribution in [3.05, 3.63) is 63.6 Å². The fourth-order valence-electron chi connectivity index (χ4n) is 2.90. The highest BCUT2D eigenvalue weighted by atomic mass is 16.5. The van der Waals surface area contributed by atoms with E-state index in [1.807, 2.05) is 30.3 Å². The van der Waals surface area contributed by atoms with Crippen molar-refractivity contribution in [2.75, 3.05) is 6.54 Å². The first-order valence-corrected chi connectivity index (χ1v) is 8.63. The molecule has 1 N–H and O–H groups in total. The van der Waals surface area contributed by atoms with Crippen LogP contribution in [0.1, 0.15) is 36.2 Å². The van der Waals surface area contributed by atoms with Crippen molar-refractivity contribution in [3.8, 4) is 0 Å². The van der Waals surface area contributed by atoms with E-state index in [9.17, 15) is 14.4 Å². The minimum atomic E-state index is -0.796. The summed E-state index contributed by atoms with van der Waals surface area (Å²) in [5.41, 5.74) is 2.39. The number of hydrogen-bond donors (Lipinski definition) is 1. The van der Waals surface area contributed by atoms with Gasteiger partial charge in [0.1, 0.15) is 19.2 Å². The first kappa shape index (κ1) is 17.8. The van der Waals surface area contributed by atoms with Gasteiger partial charge in [0, 0.05) is 6.07 Å². The van der Waals surface area contributed by atoms with Crippen LogP contribution in [0.3, 0.4) is 0 Å². The summed E-state index contributed by atoms with van der Waals surface area (Å²) in [7, 11) is 0. The van der Waals surface area contributed by atoms with Gasteiger partial charge in [-0.2, -0.15) is 5.10 Å². The third-order valence-corrected chi connectivity index (χ3v) is 4.38. The van der Waals surface area contributed by atoms with Crippen molar-refractivity contribution in [2.24, 2.45) is 0 Å². The first-order valence-electron chi connectivity index (χ1n) is 8.63. The van der Waals surface area contributed by atoms with E-state index < -0.39 is 17.9 Å². The van der Waals surface area contributed by atoms with Crippen molar-refractivity contribution in [1.82, 2.24) is 15.1 Å². The maximum absolute atomic E-state index is 12.3. The monoisotopic (exact) mass is 355 g/mol. The number of amides is 1. The van der Waals surface area contributed by atoms with Crippen LogP contribution < -0.4 is 10.9 Å². The van der Waals surface area contributed by atoms with E-state index in [4.69, 9.17) is 4.74 Å². The molecule has 0 saturated carbocycles. The molecule has 1 atom stereocenters. The number of aryl methyl sites for hydroxylation is 2. The Morgan fingerprint density at radius 3 is 2.81 bits per heavy atom. The largest absolute Gasteiger partial charge is 0.460 e. The van der Waals surface area contributed by atoms with Crippen molar-refractivity contribution < 1.29 is 14.3 Å². The number of ether oxygens (including phenoxy) is 1. The standard InChI is InChI=1S/C19H21N3O4/c1-13(22-17(23)10-15-8-5-9-16(15)21-22)19(25)20-11-18(24)26-12-14-6-3-2-4-7-14/h2-4,6-7,10,13H,5,8-9,11-12H2,1H3,(H,20,25)/t13-/m1/s1. The molecule has 1 aromatic heterocycles. The van der Waals surface area contributed by atoms with Gasteiger partial charge in [-0.1, -0.05) is 30.3 Å². The summed E-state index contributed by atoms with van der Waals surface area (Å²) in [5, 5.41) is 6.80. The molecule has 0 fully saturated rings. The highest BCUT2D eigenvalue weighted by Crippen LogP contribution is 2.17. The molecular weight excluding hydrogens is 334 g/mol. The zero-order valence-electron chi connectivity index (χ0n) is 14.6. The smallest absolute Gasteiger partial charge is 0.325 e. The van der Waals surface area contributed by atoms with Crippen molar-refractivity contribution in [1.29, 1.82) is 0 Å². The third kappa shape index (κ3) is 4.17. The summed E-state index contributed by atoms with van der Waals surface area (Å²) in [6.07, 6.45) is 2.64. The molecular formula is C19H21N3O4. The van der Waals surface area contributed by atoms with Gasteiger partial charge in [-0.3, -0.25) is 14.4 Å². The van der Waals surface area contributed by atoms with Crippen molar-refractivity contribution >= 4 is 11.9 Å². The Morgan fingerprint density at radius 2 is 2.04 bits per heavy atom. The minimum Gasteiger partial charge on any atom is -0.460 e. The fraction of sp³-hybridized carbons (Fsp3) is 0.368. The topological polar surface area (TPSA) is 90.3 Å². The lowest BCUT2D eigenvalue weighted by Gasteiger charge is -2.15. The Hall–Kier alpha value is -2.96. The number of nitrogens with zero attached hydrogens (tertiary/aromatic N) is 2. The molecule has 2 aromatic rings. The molecule has 1 heterocycles. The van der Waals surface area contributed by atoms with Crippen LogP contribution in [0.2, 0.25) is 0 Å². The van der Waals surface area contributed by atoms with Gasteiger partial charge in [0.15, 0.2) is 0 Å². The normalized spacial score (nSPS) is 13.7. The lowest BCUT2D eigenvalue weighted by Crippen LogP contribution is -2.39. The molecule has 0 aliphatic heterocycles. The Labute approximate surface area is 151 Å². The summed E-state index contributed by atoms with van der Waals surface area (Å²) in [4.78, 5) is 36.2. The number of rotatable bonds is 6. The number of fused-ring (bicyclic) bond motifs is 1. The molecule has 7 heteroatoms. The van der Waals surface area contributed by atoms with Crippen LogP contribution in [0.4, 0.5) is 0 Å². The lowest BCUT2D eigenvalue weighted by molar-refractivity contribution is -0.145. The molecule has 7 nitrogen and oxygen atoms in total. The number of carbonyl (C=O) groups is 2. The van der Waals surface area contributed by atoms with E-state index in [-0.39, 0.29) is 18.7 Å².